The number of Topliss-reactive ketones (excluding diaryl/α,β-unsaturated/α-hetero) is 1. The maximum atomic E-state index is 13.6. The Morgan fingerprint density at radius 1 is 1.21 bits per heavy atom. The standard InChI is InChI=1S/C22H27ClO5/c1-12-13-4-7-22(18(12)25)15(8-13)21-6-3-5-20(2,11-27-19(21)26)14(21)9-16(22)28-17(24)10-23/h13-16H,1,3-11H2,2H3/t13-,14?,15?,16+,20-,21?,22?/m0/s1. The van der Waals surface area contributed by atoms with Gasteiger partial charge in [-0.1, -0.05) is 19.9 Å². The van der Waals surface area contributed by atoms with Gasteiger partial charge in [-0.2, -0.15) is 0 Å². The molecule has 6 aliphatic rings. The van der Waals surface area contributed by atoms with Crippen LogP contribution in [0, 0.1) is 34.0 Å². The van der Waals surface area contributed by atoms with E-state index in [1.54, 1.807) is 0 Å². The van der Waals surface area contributed by atoms with Crippen molar-refractivity contribution in [2.75, 3.05) is 12.5 Å². The maximum absolute atomic E-state index is 13.6. The molecule has 0 aromatic rings. The van der Waals surface area contributed by atoms with Gasteiger partial charge in [-0.25, -0.2) is 0 Å². The number of ketones is 1. The number of carbonyl (C=O) groups is 3. The fourth-order valence-corrected chi connectivity index (χ4v) is 7.90. The normalized spacial score (nSPS) is 49.1. The SMILES string of the molecule is C=C1C(=O)C23CC[C@H]1CC2C12CCC[C@@](C)(COC1=O)C2C[C@H]3OC(=O)CCl. The zero-order valence-corrected chi connectivity index (χ0v) is 17.1. The van der Waals surface area contributed by atoms with Crippen molar-refractivity contribution in [2.45, 2.75) is 58.0 Å². The van der Waals surface area contributed by atoms with Crippen LogP contribution in [0.2, 0.25) is 0 Å². The average Bonchev–Trinajstić information content (AvgIpc) is 2.69. The van der Waals surface area contributed by atoms with Crippen LogP contribution in [0.5, 0.6) is 0 Å². The summed E-state index contributed by atoms with van der Waals surface area (Å²) in [6.07, 6.45) is 5.02. The molecule has 6 heteroatoms. The van der Waals surface area contributed by atoms with E-state index in [9.17, 15) is 14.4 Å². The van der Waals surface area contributed by atoms with Crippen LogP contribution < -0.4 is 0 Å². The molecule has 7 atom stereocenters. The molecule has 5 nitrogen and oxygen atoms in total. The first kappa shape index (κ1) is 18.7. The van der Waals surface area contributed by atoms with Crippen molar-refractivity contribution in [3.05, 3.63) is 12.2 Å². The lowest BCUT2D eigenvalue weighted by Gasteiger charge is -2.69. The van der Waals surface area contributed by atoms with Gasteiger partial charge in [0.25, 0.3) is 0 Å². The fraction of sp³-hybridized carbons (Fsp3) is 0.773. The minimum atomic E-state index is -0.849. The first-order valence-corrected chi connectivity index (χ1v) is 11.0. The second kappa shape index (κ2) is 5.84. The minimum Gasteiger partial charge on any atom is -0.465 e. The molecule has 1 aliphatic heterocycles. The molecule has 0 amide bonds. The van der Waals surface area contributed by atoms with E-state index in [-0.39, 0.29) is 40.8 Å². The highest BCUT2D eigenvalue weighted by atomic mass is 35.5. The maximum Gasteiger partial charge on any atom is 0.321 e. The number of ether oxygens (including phenoxy) is 2. The number of carbonyl (C=O) groups excluding carboxylic acids is 3. The molecule has 4 bridgehead atoms. The van der Waals surface area contributed by atoms with E-state index in [1.165, 1.54) is 0 Å². The van der Waals surface area contributed by atoms with Gasteiger partial charge in [0.15, 0.2) is 5.78 Å². The summed E-state index contributed by atoms with van der Waals surface area (Å²) in [6, 6.07) is 0. The van der Waals surface area contributed by atoms with E-state index < -0.39 is 22.9 Å². The number of hydrogen-bond donors (Lipinski definition) is 0. The predicted octanol–water partition coefficient (Wildman–Crippen LogP) is 3.43. The first-order valence-electron chi connectivity index (χ1n) is 10.5. The Morgan fingerprint density at radius 2 is 2.00 bits per heavy atom. The zero-order chi connectivity index (χ0) is 19.9. The molecule has 1 saturated heterocycles. The van der Waals surface area contributed by atoms with Crippen LogP contribution in [0.1, 0.15) is 51.9 Å². The first-order chi connectivity index (χ1) is 13.3. The van der Waals surface area contributed by atoms with E-state index >= 15 is 0 Å². The van der Waals surface area contributed by atoms with Gasteiger partial charge in [0, 0.05) is 5.41 Å². The molecule has 5 saturated carbocycles. The molecule has 0 radical (unpaired) electrons. The lowest BCUT2D eigenvalue weighted by Crippen LogP contribution is -2.73. The third-order valence-corrected chi connectivity index (χ3v) is 9.22. The van der Waals surface area contributed by atoms with Gasteiger partial charge in [-0.15, -0.1) is 11.6 Å². The summed E-state index contributed by atoms with van der Waals surface area (Å²) in [4.78, 5) is 39.1. The van der Waals surface area contributed by atoms with Gasteiger partial charge in [-0.05, 0) is 61.9 Å². The number of fused-ring (bicyclic) bond motifs is 2. The average molecular weight is 407 g/mol. The van der Waals surface area contributed by atoms with Gasteiger partial charge >= 0.3 is 11.9 Å². The van der Waals surface area contributed by atoms with Crippen molar-refractivity contribution in [1.29, 1.82) is 0 Å². The number of alkyl halides is 1. The van der Waals surface area contributed by atoms with Gasteiger partial charge in [0.1, 0.15) is 12.0 Å². The number of allylic oxidation sites excluding steroid dienone is 1. The van der Waals surface area contributed by atoms with Crippen molar-refractivity contribution < 1.29 is 23.9 Å². The molecular formula is C22H27ClO5. The molecule has 4 unspecified atom stereocenters. The molecule has 0 N–H and O–H groups in total. The number of halogens is 1. The third-order valence-electron chi connectivity index (χ3n) is 9.00. The van der Waals surface area contributed by atoms with Crippen LogP contribution in [0.15, 0.2) is 12.2 Å². The minimum absolute atomic E-state index is 0.00541. The molecular weight excluding hydrogens is 380 g/mol. The highest BCUT2D eigenvalue weighted by molar-refractivity contribution is 6.26. The summed E-state index contributed by atoms with van der Waals surface area (Å²) in [6.45, 7) is 6.69. The second-order valence-electron chi connectivity index (χ2n) is 9.94. The summed E-state index contributed by atoms with van der Waals surface area (Å²) in [5, 5.41) is 0. The Kier molecular flexibility index (Phi) is 3.89. The summed E-state index contributed by atoms with van der Waals surface area (Å²) >= 11 is 5.74. The van der Waals surface area contributed by atoms with Crippen LogP contribution in [-0.2, 0) is 23.9 Å². The summed E-state index contributed by atoms with van der Waals surface area (Å²) in [5.41, 5.74) is -0.967. The van der Waals surface area contributed by atoms with Crippen LogP contribution in [0.25, 0.3) is 0 Å². The van der Waals surface area contributed by atoms with Crippen molar-refractivity contribution in [3.63, 3.8) is 0 Å². The summed E-state index contributed by atoms with van der Waals surface area (Å²) in [5.74, 6) is -0.798. The van der Waals surface area contributed by atoms with E-state index in [1.807, 2.05) is 0 Å². The molecule has 5 aliphatic carbocycles. The van der Waals surface area contributed by atoms with Crippen molar-refractivity contribution >= 4 is 29.3 Å². The van der Waals surface area contributed by atoms with E-state index in [0.29, 0.717) is 25.0 Å². The van der Waals surface area contributed by atoms with Crippen molar-refractivity contribution in [1.82, 2.24) is 0 Å². The zero-order valence-electron chi connectivity index (χ0n) is 16.3. The quantitative estimate of drug-likeness (QED) is 0.399. The fourth-order valence-electron chi connectivity index (χ4n) is 7.83. The Labute approximate surface area is 170 Å². The lowest BCUT2D eigenvalue weighted by atomic mass is 9.35. The van der Waals surface area contributed by atoms with E-state index in [4.69, 9.17) is 21.1 Å². The molecule has 0 aromatic heterocycles. The smallest absolute Gasteiger partial charge is 0.321 e. The van der Waals surface area contributed by atoms with E-state index in [2.05, 4.69) is 13.5 Å². The van der Waals surface area contributed by atoms with E-state index in [0.717, 1.165) is 32.1 Å². The largest absolute Gasteiger partial charge is 0.465 e. The second-order valence-corrected chi connectivity index (χ2v) is 10.2. The summed E-state index contributed by atoms with van der Waals surface area (Å²) in [7, 11) is 0. The van der Waals surface area contributed by atoms with Crippen LogP contribution in [0.4, 0.5) is 0 Å². The van der Waals surface area contributed by atoms with Crippen LogP contribution >= 0.6 is 11.6 Å². The lowest BCUT2D eigenvalue weighted by molar-refractivity contribution is -0.257. The van der Waals surface area contributed by atoms with Crippen molar-refractivity contribution in [2.24, 2.45) is 34.0 Å². The molecule has 28 heavy (non-hydrogen) atoms. The molecule has 6 rings (SSSR count). The van der Waals surface area contributed by atoms with Gasteiger partial charge < -0.3 is 9.47 Å². The van der Waals surface area contributed by atoms with Gasteiger partial charge in [0.05, 0.1) is 17.4 Å². The van der Waals surface area contributed by atoms with Crippen LogP contribution in [0.3, 0.4) is 0 Å². The number of esters is 2. The molecule has 0 aromatic carbocycles. The van der Waals surface area contributed by atoms with Gasteiger partial charge in [0.2, 0.25) is 0 Å². The molecule has 1 heterocycles. The Morgan fingerprint density at radius 3 is 2.75 bits per heavy atom. The predicted molar refractivity (Wildman–Crippen MR) is 101 cm³/mol. The number of cyclic esters (lactones) is 1. The molecule has 1 spiro atoms. The molecule has 152 valence electrons. The topological polar surface area (TPSA) is 69.7 Å². The Balaban J connectivity index is 1.69. The van der Waals surface area contributed by atoms with Crippen molar-refractivity contribution in [3.8, 4) is 0 Å². The van der Waals surface area contributed by atoms with Crippen LogP contribution in [-0.4, -0.2) is 36.3 Å². The highest BCUT2D eigenvalue weighted by Crippen LogP contribution is 2.73. The summed E-state index contributed by atoms with van der Waals surface area (Å²) < 4.78 is 11.6. The molecule has 6 fully saturated rings. The Bertz CT molecular complexity index is 792. The number of rotatable bonds is 2. The third kappa shape index (κ3) is 2.02. The highest BCUT2D eigenvalue weighted by Gasteiger charge is 2.76. The Hall–Kier alpha value is -1.36. The monoisotopic (exact) mass is 406 g/mol. The number of hydrogen-bond acceptors (Lipinski definition) is 5. The van der Waals surface area contributed by atoms with Gasteiger partial charge in [-0.3, -0.25) is 14.4 Å².